The van der Waals surface area contributed by atoms with Gasteiger partial charge in [-0.3, -0.25) is 0 Å². The van der Waals surface area contributed by atoms with Crippen LogP contribution in [0.2, 0.25) is 0 Å². The molecular weight excluding hydrogens is 466 g/mol. The first-order chi connectivity index (χ1) is 17.6. The highest BCUT2D eigenvalue weighted by Gasteiger charge is 2.36. The van der Waals surface area contributed by atoms with Crippen molar-refractivity contribution in [1.82, 2.24) is 14.8 Å². The second-order valence-corrected chi connectivity index (χ2v) is 10.8. The van der Waals surface area contributed by atoms with Crippen molar-refractivity contribution >= 4 is 17.4 Å². The number of carbonyl (C=O) groups is 1. The van der Waals surface area contributed by atoms with E-state index in [1.807, 2.05) is 28.4 Å². The van der Waals surface area contributed by atoms with E-state index in [0.29, 0.717) is 13.1 Å². The maximum atomic E-state index is 13.9. The molecule has 0 radical (unpaired) electrons. The summed E-state index contributed by atoms with van der Waals surface area (Å²) in [4.78, 5) is 17.4. The predicted octanol–water partition coefficient (Wildman–Crippen LogP) is 6.55. The second kappa shape index (κ2) is 9.51. The Hall–Kier alpha value is -3.51. The van der Waals surface area contributed by atoms with Gasteiger partial charge < -0.3 is 19.5 Å². The second-order valence-electron chi connectivity index (χ2n) is 9.75. The van der Waals surface area contributed by atoms with Crippen molar-refractivity contribution in [3.63, 3.8) is 0 Å². The molecule has 2 amide bonds. The van der Waals surface area contributed by atoms with Crippen molar-refractivity contribution in [2.24, 2.45) is 0 Å². The van der Waals surface area contributed by atoms with Crippen molar-refractivity contribution in [2.75, 3.05) is 7.11 Å². The Morgan fingerprint density at radius 2 is 1.89 bits per heavy atom. The zero-order valence-corrected chi connectivity index (χ0v) is 21.6. The maximum Gasteiger partial charge on any atom is 0.318 e. The maximum absolute atomic E-state index is 13.9. The lowest BCUT2D eigenvalue weighted by atomic mass is 9.95. The van der Waals surface area contributed by atoms with Crippen LogP contribution in [0.3, 0.4) is 0 Å². The average molecular weight is 498 g/mol. The van der Waals surface area contributed by atoms with Crippen LogP contribution in [-0.2, 0) is 25.9 Å². The third-order valence-corrected chi connectivity index (χ3v) is 8.75. The molecule has 6 heteroatoms. The average Bonchev–Trinajstić information content (AvgIpc) is 3.50. The molecule has 0 spiro atoms. The van der Waals surface area contributed by atoms with Crippen LogP contribution in [0.15, 0.2) is 66.9 Å². The fourth-order valence-electron chi connectivity index (χ4n) is 5.53. The molecule has 0 unspecified atom stereocenters. The van der Waals surface area contributed by atoms with Crippen molar-refractivity contribution in [2.45, 2.75) is 51.7 Å². The number of aryl methyl sites for hydroxylation is 2. The molecule has 1 N–H and O–H groups in total. The predicted molar refractivity (Wildman–Crippen MR) is 144 cm³/mol. The molecule has 0 saturated carbocycles. The number of hydrogen-bond donors (Lipinski definition) is 1. The largest absolute Gasteiger partial charge is 0.497 e. The third kappa shape index (κ3) is 4.09. The molecule has 4 aromatic rings. The zero-order valence-electron chi connectivity index (χ0n) is 20.8. The summed E-state index contributed by atoms with van der Waals surface area (Å²) in [6, 6.07) is 20.4. The van der Waals surface area contributed by atoms with Crippen LogP contribution >= 0.6 is 11.3 Å². The molecule has 1 atom stereocenters. The molecule has 0 fully saturated rings. The summed E-state index contributed by atoms with van der Waals surface area (Å²) in [6.45, 7) is 3.16. The fraction of sp³-hybridized carbons (Fsp3) is 0.300. The lowest BCUT2D eigenvalue weighted by molar-refractivity contribution is 0.180. The highest BCUT2D eigenvalue weighted by Crippen LogP contribution is 2.44. The Kier molecular flexibility index (Phi) is 6.05. The van der Waals surface area contributed by atoms with E-state index in [2.05, 4.69) is 71.5 Å². The first-order valence-corrected chi connectivity index (χ1v) is 13.5. The van der Waals surface area contributed by atoms with E-state index in [1.54, 1.807) is 7.11 Å². The number of nitrogens with zero attached hydrogens (tertiary/aromatic N) is 2. The van der Waals surface area contributed by atoms with E-state index >= 15 is 0 Å². The molecular formula is C30H31N3O2S. The van der Waals surface area contributed by atoms with E-state index in [9.17, 15) is 4.79 Å². The van der Waals surface area contributed by atoms with Gasteiger partial charge in [-0.05, 0) is 73.6 Å². The van der Waals surface area contributed by atoms with Gasteiger partial charge >= 0.3 is 6.03 Å². The normalized spacial score (nSPS) is 16.5. The molecule has 6 rings (SSSR count). The van der Waals surface area contributed by atoms with Gasteiger partial charge in [-0.15, -0.1) is 11.3 Å². The first-order valence-electron chi connectivity index (χ1n) is 12.7. The van der Waals surface area contributed by atoms with Crippen LogP contribution in [0.25, 0.3) is 5.00 Å². The molecule has 2 aromatic heterocycles. The quantitative estimate of drug-likeness (QED) is 0.348. The van der Waals surface area contributed by atoms with Gasteiger partial charge in [0.25, 0.3) is 0 Å². The number of carbonyl (C=O) groups excluding carboxylic acids is 1. The zero-order chi connectivity index (χ0) is 24.6. The number of fused-ring (bicyclic) bond motifs is 5. The van der Waals surface area contributed by atoms with E-state index in [1.165, 1.54) is 39.4 Å². The number of methoxy groups -OCH3 is 1. The molecule has 0 saturated heterocycles. The van der Waals surface area contributed by atoms with Crippen LogP contribution in [0, 0.1) is 6.92 Å². The van der Waals surface area contributed by atoms with E-state index < -0.39 is 0 Å². The minimum absolute atomic E-state index is 0.0558. The van der Waals surface area contributed by atoms with Gasteiger partial charge in [0, 0.05) is 23.2 Å². The van der Waals surface area contributed by atoms with Gasteiger partial charge in [0.05, 0.1) is 25.4 Å². The molecule has 0 bridgehead atoms. The van der Waals surface area contributed by atoms with Gasteiger partial charge in [0.2, 0.25) is 0 Å². The SMILES string of the molecule is COc1cccc([C@@H]2c3cccn3-c3sc4c(c3CN2C(=O)NCc2ccc(C)cc2)CCCC4)c1. The van der Waals surface area contributed by atoms with Crippen molar-refractivity contribution in [3.8, 4) is 10.8 Å². The summed E-state index contributed by atoms with van der Waals surface area (Å²) in [5.41, 5.74) is 7.23. The van der Waals surface area contributed by atoms with Crippen molar-refractivity contribution in [3.05, 3.63) is 105 Å². The topological polar surface area (TPSA) is 46.5 Å². The van der Waals surface area contributed by atoms with Crippen LogP contribution in [-0.4, -0.2) is 22.6 Å². The number of hydrogen-bond acceptors (Lipinski definition) is 3. The van der Waals surface area contributed by atoms with Crippen molar-refractivity contribution in [1.29, 1.82) is 0 Å². The standard InChI is InChI=1S/C30H31N3O2S/c1-20-12-14-21(15-13-20)18-31-30(34)33-19-25-24-9-3-4-11-27(24)36-29(25)32-16-6-10-26(32)28(33)22-7-5-8-23(17-22)35-2/h5-8,10,12-17,28H,3-4,9,11,18-19H2,1-2H3,(H,31,34)/t28-/m1/s1. The Bertz CT molecular complexity index is 1400. The highest BCUT2D eigenvalue weighted by molar-refractivity contribution is 7.15. The number of aromatic nitrogens is 1. The van der Waals surface area contributed by atoms with E-state index in [-0.39, 0.29) is 12.1 Å². The molecule has 5 nitrogen and oxygen atoms in total. The highest BCUT2D eigenvalue weighted by atomic mass is 32.1. The van der Waals surface area contributed by atoms with Gasteiger partial charge in [-0.1, -0.05) is 42.0 Å². The number of rotatable bonds is 4. The monoisotopic (exact) mass is 497 g/mol. The summed E-state index contributed by atoms with van der Waals surface area (Å²) in [7, 11) is 1.69. The summed E-state index contributed by atoms with van der Waals surface area (Å²) in [6.07, 6.45) is 6.85. The van der Waals surface area contributed by atoms with Gasteiger partial charge in [0.1, 0.15) is 10.8 Å². The molecule has 1 aliphatic carbocycles. The van der Waals surface area contributed by atoms with Crippen LogP contribution in [0.4, 0.5) is 4.79 Å². The van der Waals surface area contributed by atoms with Crippen LogP contribution < -0.4 is 10.1 Å². The Morgan fingerprint density at radius 3 is 2.72 bits per heavy atom. The molecule has 2 aliphatic rings. The number of nitrogens with one attached hydrogen (secondary N) is 1. The molecule has 184 valence electrons. The number of amides is 2. The molecule has 36 heavy (non-hydrogen) atoms. The summed E-state index contributed by atoms with van der Waals surface area (Å²) in [5.74, 6) is 0.794. The smallest absolute Gasteiger partial charge is 0.318 e. The lowest BCUT2D eigenvalue weighted by Crippen LogP contribution is -2.41. The first kappa shape index (κ1) is 22.9. The Labute approximate surface area is 216 Å². The minimum atomic E-state index is -0.230. The fourth-order valence-corrected chi connectivity index (χ4v) is 6.94. The Balaban J connectivity index is 1.43. The number of urea groups is 1. The third-order valence-electron chi connectivity index (χ3n) is 7.41. The summed E-state index contributed by atoms with van der Waals surface area (Å²) < 4.78 is 7.87. The van der Waals surface area contributed by atoms with E-state index in [4.69, 9.17) is 4.74 Å². The summed E-state index contributed by atoms with van der Waals surface area (Å²) in [5, 5.41) is 4.49. The molecule has 1 aliphatic heterocycles. The van der Waals surface area contributed by atoms with Gasteiger partial charge in [-0.25, -0.2) is 4.79 Å². The number of thiophene rings is 1. The minimum Gasteiger partial charge on any atom is -0.497 e. The molecule has 2 aromatic carbocycles. The number of ether oxygens (including phenoxy) is 1. The Morgan fingerprint density at radius 1 is 1.06 bits per heavy atom. The van der Waals surface area contributed by atoms with Crippen LogP contribution in [0.5, 0.6) is 5.75 Å². The van der Waals surface area contributed by atoms with Gasteiger partial charge in [-0.2, -0.15) is 0 Å². The number of benzene rings is 2. The van der Waals surface area contributed by atoms with Crippen LogP contribution in [0.1, 0.15) is 57.3 Å². The molecule has 3 heterocycles. The summed E-state index contributed by atoms with van der Waals surface area (Å²) >= 11 is 1.91. The van der Waals surface area contributed by atoms with E-state index in [0.717, 1.165) is 35.4 Å². The lowest BCUT2D eigenvalue weighted by Gasteiger charge is -2.31. The van der Waals surface area contributed by atoms with Gasteiger partial charge in [0.15, 0.2) is 0 Å². The van der Waals surface area contributed by atoms with Crippen molar-refractivity contribution < 1.29 is 9.53 Å².